The number of aryl methyl sites for hydroxylation is 1. The first-order valence-corrected chi connectivity index (χ1v) is 7.22. The van der Waals surface area contributed by atoms with Crippen LogP contribution in [-0.4, -0.2) is 30.4 Å². The van der Waals surface area contributed by atoms with Crippen LogP contribution in [0.25, 0.3) is 0 Å². The summed E-state index contributed by atoms with van der Waals surface area (Å²) in [6.45, 7) is 8.45. The van der Waals surface area contributed by atoms with Crippen molar-refractivity contribution in [2.45, 2.75) is 27.2 Å². The summed E-state index contributed by atoms with van der Waals surface area (Å²) in [4.78, 5) is 14.2. The number of likely N-dealkylation sites (tertiary alicyclic amines) is 1. The van der Waals surface area contributed by atoms with Gasteiger partial charge in [0.15, 0.2) is 0 Å². The van der Waals surface area contributed by atoms with Gasteiger partial charge < -0.3 is 5.32 Å². The molecule has 1 N–H and O–H groups in total. The molecule has 3 nitrogen and oxygen atoms in total. The molecule has 1 amide bonds. The van der Waals surface area contributed by atoms with Crippen molar-refractivity contribution in [2.75, 3.05) is 25.0 Å². The second kappa shape index (κ2) is 6.35. The first-order valence-electron chi connectivity index (χ1n) is 7.22. The molecule has 0 radical (unpaired) electrons. The quantitative estimate of drug-likeness (QED) is 0.921. The van der Waals surface area contributed by atoms with E-state index in [1.54, 1.807) is 12.1 Å². The van der Waals surface area contributed by atoms with Crippen molar-refractivity contribution in [1.29, 1.82) is 0 Å². The maximum Gasteiger partial charge on any atom is 0.238 e. The van der Waals surface area contributed by atoms with Crippen molar-refractivity contribution in [3.63, 3.8) is 0 Å². The van der Waals surface area contributed by atoms with Crippen LogP contribution < -0.4 is 5.32 Å². The van der Waals surface area contributed by atoms with E-state index in [9.17, 15) is 9.18 Å². The molecule has 2 atom stereocenters. The number of nitrogens with one attached hydrogen (secondary N) is 1. The van der Waals surface area contributed by atoms with Crippen LogP contribution in [0.1, 0.15) is 25.8 Å². The Balaban J connectivity index is 1.92. The molecule has 4 heteroatoms. The zero-order valence-corrected chi connectivity index (χ0v) is 12.4. The lowest BCUT2D eigenvalue weighted by Gasteiger charge is -2.34. The summed E-state index contributed by atoms with van der Waals surface area (Å²) < 4.78 is 13.7. The number of hydrogen-bond acceptors (Lipinski definition) is 2. The standard InChI is InChI=1S/C16H23FN2O/c1-11-4-5-15(14(17)7-11)18-16(20)10-19-8-12(2)6-13(3)9-19/h4-5,7,12-13H,6,8-10H2,1-3H3,(H,18,20)/t12-,13+. The molecular formula is C16H23FN2O. The van der Waals surface area contributed by atoms with E-state index < -0.39 is 0 Å². The Morgan fingerprint density at radius 1 is 1.35 bits per heavy atom. The second-order valence-electron chi connectivity index (χ2n) is 6.17. The van der Waals surface area contributed by atoms with Crippen LogP contribution in [0.5, 0.6) is 0 Å². The highest BCUT2D eigenvalue weighted by molar-refractivity contribution is 5.92. The molecule has 20 heavy (non-hydrogen) atoms. The summed E-state index contributed by atoms with van der Waals surface area (Å²) in [7, 11) is 0. The highest BCUT2D eigenvalue weighted by Gasteiger charge is 2.23. The number of carbonyl (C=O) groups excluding carboxylic acids is 1. The molecule has 0 saturated carbocycles. The van der Waals surface area contributed by atoms with Crippen LogP contribution in [0, 0.1) is 24.6 Å². The van der Waals surface area contributed by atoms with Crippen LogP contribution in [0.3, 0.4) is 0 Å². The molecule has 1 aromatic carbocycles. The first kappa shape index (κ1) is 15.0. The van der Waals surface area contributed by atoms with Crippen LogP contribution in [-0.2, 0) is 4.79 Å². The molecule has 0 bridgehead atoms. The number of halogens is 1. The van der Waals surface area contributed by atoms with E-state index in [2.05, 4.69) is 24.1 Å². The second-order valence-corrected chi connectivity index (χ2v) is 6.17. The van der Waals surface area contributed by atoms with Gasteiger partial charge in [-0.1, -0.05) is 19.9 Å². The van der Waals surface area contributed by atoms with E-state index in [4.69, 9.17) is 0 Å². The largest absolute Gasteiger partial charge is 0.322 e. The molecule has 1 aliphatic heterocycles. The van der Waals surface area contributed by atoms with Gasteiger partial charge in [0, 0.05) is 13.1 Å². The number of piperidine rings is 1. The molecule has 0 spiro atoms. The zero-order chi connectivity index (χ0) is 14.7. The molecule has 110 valence electrons. The van der Waals surface area contributed by atoms with E-state index >= 15 is 0 Å². The molecule has 1 heterocycles. The van der Waals surface area contributed by atoms with Gasteiger partial charge in [-0.3, -0.25) is 9.69 Å². The van der Waals surface area contributed by atoms with Gasteiger partial charge in [0.25, 0.3) is 0 Å². The molecule has 0 unspecified atom stereocenters. The number of anilines is 1. The first-order chi connectivity index (χ1) is 9.44. The normalized spacial score (nSPS) is 23.6. The number of amides is 1. The molecule has 0 aromatic heterocycles. The van der Waals surface area contributed by atoms with Crippen LogP contribution >= 0.6 is 0 Å². The van der Waals surface area contributed by atoms with E-state index in [0.717, 1.165) is 18.7 Å². The van der Waals surface area contributed by atoms with Gasteiger partial charge in [0.2, 0.25) is 5.91 Å². The molecule has 1 aliphatic rings. The highest BCUT2D eigenvalue weighted by Crippen LogP contribution is 2.21. The van der Waals surface area contributed by atoms with E-state index in [-0.39, 0.29) is 17.4 Å². The summed E-state index contributed by atoms with van der Waals surface area (Å²) in [5.74, 6) is 0.707. The number of carbonyl (C=O) groups is 1. The average molecular weight is 278 g/mol. The summed E-state index contributed by atoms with van der Waals surface area (Å²) >= 11 is 0. The smallest absolute Gasteiger partial charge is 0.238 e. The Labute approximate surface area is 120 Å². The number of rotatable bonds is 3. The Kier molecular flexibility index (Phi) is 4.76. The van der Waals surface area contributed by atoms with Crippen molar-refractivity contribution in [2.24, 2.45) is 11.8 Å². The predicted molar refractivity (Wildman–Crippen MR) is 79.2 cm³/mol. The Morgan fingerprint density at radius 3 is 2.60 bits per heavy atom. The maximum atomic E-state index is 13.7. The van der Waals surface area contributed by atoms with Gasteiger partial charge in [-0.25, -0.2) is 4.39 Å². The number of nitrogens with zero attached hydrogens (tertiary/aromatic N) is 1. The van der Waals surface area contributed by atoms with Crippen molar-refractivity contribution < 1.29 is 9.18 Å². The summed E-state index contributed by atoms with van der Waals surface area (Å²) in [5.41, 5.74) is 1.11. The molecule has 0 aliphatic carbocycles. The highest BCUT2D eigenvalue weighted by atomic mass is 19.1. The van der Waals surface area contributed by atoms with Crippen molar-refractivity contribution in [3.05, 3.63) is 29.6 Å². The third-order valence-electron chi connectivity index (χ3n) is 3.71. The molecule has 1 saturated heterocycles. The molecule has 2 rings (SSSR count). The van der Waals surface area contributed by atoms with E-state index in [1.165, 1.54) is 12.5 Å². The van der Waals surface area contributed by atoms with Crippen LogP contribution in [0.15, 0.2) is 18.2 Å². The van der Waals surface area contributed by atoms with Gasteiger partial charge in [-0.15, -0.1) is 0 Å². The minimum Gasteiger partial charge on any atom is -0.322 e. The fourth-order valence-electron chi connectivity index (χ4n) is 3.04. The zero-order valence-electron chi connectivity index (χ0n) is 12.4. The predicted octanol–water partition coefficient (Wildman–Crippen LogP) is 3.05. The van der Waals surface area contributed by atoms with Crippen LogP contribution in [0.2, 0.25) is 0 Å². The average Bonchev–Trinajstić information content (AvgIpc) is 2.31. The number of benzene rings is 1. The topological polar surface area (TPSA) is 32.3 Å². The maximum absolute atomic E-state index is 13.7. The minimum absolute atomic E-state index is 0.144. The van der Waals surface area contributed by atoms with Crippen molar-refractivity contribution in [1.82, 2.24) is 4.90 Å². The van der Waals surface area contributed by atoms with Crippen molar-refractivity contribution >= 4 is 11.6 Å². The third kappa shape index (κ3) is 4.04. The van der Waals surface area contributed by atoms with E-state index in [0.29, 0.717) is 18.4 Å². The summed E-state index contributed by atoms with van der Waals surface area (Å²) in [6.07, 6.45) is 1.21. The van der Waals surface area contributed by atoms with Crippen molar-refractivity contribution in [3.8, 4) is 0 Å². The summed E-state index contributed by atoms with van der Waals surface area (Å²) in [6, 6.07) is 4.84. The Morgan fingerprint density at radius 2 is 2.00 bits per heavy atom. The Bertz CT molecular complexity index is 479. The van der Waals surface area contributed by atoms with Gasteiger partial charge >= 0.3 is 0 Å². The third-order valence-corrected chi connectivity index (χ3v) is 3.71. The molecular weight excluding hydrogens is 255 g/mol. The fourth-order valence-corrected chi connectivity index (χ4v) is 3.04. The molecule has 1 aromatic rings. The van der Waals surface area contributed by atoms with Crippen LogP contribution in [0.4, 0.5) is 10.1 Å². The van der Waals surface area contributed by atoms with Gasteiger partial charge in [0.1, 0.15) is 5.82 Å². The lowest BCUT2D eigenvalue weighted by Crippen LogP contribution is -2.42. The van der Waals surface area contributed by atoms with Gasteiger partial charge in [0.05, 0.1) is 12.2 Å². The lowest BCUT2D eigenvalue weighted by atomic mass is 9.92. The summed E-state index contributed by atoms with van der Waals surface area (Å²) in [5, 5.41) is 2.66. The van der Waals surface area contributed by atoms with Gasteiger partial charge in [-0.05, 0) is 42.9 Å². The van der Waals surface area contributed by atoms with Gasteiger partial charge in [-0.2, -0.15) is 0 Å². The van der Waals surface area contributed by atoms with E-state index in [1.807, 2.05) is 6.92 Å². The monoisotopic (exact) mass is 278 g/mol. The molecule has 1 fully saturated rings. The SMILES string of the molecule is Cc1ccc(NC(=O)CN2C[C@H](C)C[C@H](C)C2)c(F)c1. The fraction of sp³-hybridized carbons (Fsp3) is 0.562. The lowest BCUT2D eigenvalue weighted by molar-refractivity contribution is -0.117. The minimum atomic E-state index is -0.376. The Hall–Kier alpha value is -1.42. The number of hydrogen-bond donors (Lipinski definition) is 1.